The molecule has 0 amide bonds. The zero-order valence-electron chi connectivity index (χ0n) is 23.9. The first-order valence-electron chi connectivity index (χ1n) is 13.3. The zero-order valence-corrected chi connectivity index (χ0v) is 26.6. The minimum absolute atomic E-state index is 0. The molecule has 0 saturated heterocycles. The van der Waals surface area contributed by atoms with Gasteiger partial charge < -0.3 is 10.2 Å². The monoisotopic (exact) mass is 681 g/mol. The third-order valence-corrected chi connectivity index (χ3v) is 7.73. The van der Waals surface area contributed by atoms with Gasteiger partial charge in [0.15, 0.2) is 0 Å². The van der Waals surface area contributed by atoms with Crippen LogP contribution in [0.15, 0.2) is 106 Å². The van der Waals surface area contributed by atoms with Crippen molar-refractivity contribution in [3.8, 4) is 34.0 Å². The molecular formula is C34H24CoF2N4O2S2. The minimum Gasteiger partial charge on any atom is -0.872 e. The molecular weight excluding hydrogens is 657 g/mol. The van der Waals surface area contributed by atoms with Gasteiger partial charge in [0, 0.05) is 34.3 Å². The van der Waals surface area contributed by atoms with Crippen molar-refractivity contribution in [1.82, 2.24) is 9.97 Å². The SMILES string of the molecule is Cc1ccc(/C=N/c2nc(-c3ccc(F)cc3)cs2)c([O-])c1.Cc1ccc(/C=N/c2nc(-c3ccc(F)cc3)cs2)c([O-])c1.[Co+2]. The largest absolute Gasteiger partial charge is 2.00 e. The van der Waals surface area contributed by atoms with Crippen molar-refractivity contribution in [3.63, 3.8) is 0 Å². The van der Waals surface area contributed by atoms with Gasteiger partial charge in [-0.25, -0.2) is 28.7 Å². The summed E-state index contributed by atoms with van der Waals surface area (Å²) in [5, 5.41) is 28.4. The van der Waals surface area contributed by atoms with Gasteiger partial charge in [0.1, 0.15) is 11.6 Å². The third-order valence-electron chi connectivity index (χ3n) is 6.23. The Bertz CT molecular complexity index is 1800. The summed E-state index contributed by atoms with van der Waals surface area (Å²) in [6, 6.07) is 22.7. The van der Waals surface area contributed by atoms with Crippen LogP contribution < -0.4 is 10.2 Å². The van der Waals surface area contributed by atoms with Crippen LogP contribution in [0.25, 0.3) is 22.5 Å². The van der Waals surface area contributed by atoms with Crippen molar-refractivity contribution in [2.75, 3.05) is 0 Å². The Morgan fingerprint density at radius 2 is 0.978 bits per heavy atom. The second kappa shape index (κ2) is 15.4. The summed E-state index contributed by atoms with van der Waals surface area (Å²) < 4.78 is 25.8. The minimum atomic E-state index is -0.278. The van der Waals surface area contributed by atoms with E-state index in [1.807, 2.05) is 36.7 Å². The van der Waals surface area contributed by atoms with Crippen molar-refractivity contribution in [3.05, 3.63) is 130 Å². The fourth-order valence-corrected chi connectivity index (χ4v) is 5.24. The molecule has 1 radical (unpaired) electrons. The Morgan fingerprint density at radius 1 is 0.600 bits per heavy atom. The average Bonchev–Trinajstić information content (AvgIpc) is 3.68. The van der Waals surface area contributed by atoms with Crippen LogP contribution in [0, 0.1) is 25.5 Å². The molecule has 227 valence electrons. The molecule has 0 aliphatic heterocycles. The van der Waals surface area contributed by atoms with Gasteiger partial charge in [0.05, 0.1) is 11.4 Å². The molecule has 0 aliphatic carbocycles. The summed E-state index contributed by atoms with van der Waals surface area (Å²) in [6.45, 7) is 3.75. The zero-order chi connectivity index (χ0) is 31.1. The van der Waals surface area contributed by atoms with Crippen LogP contribution in [0.4, 0.5) is 19.0 Å². The van der Waals surface area contributed by atoms with E-state index < -0.39 is 0 Å². The third kappa shape index (κ3) is 9.22. The first-order chi connectivity index (χ1) is 21.2. The van der Waals surface area contributed by atoms with Gasteiger partial charge in [-0.1, -0.05) is 59.0 Å². The number of aryl methyl sites for hydroxylation is 2. The molecule has 0 bridgehead atoms. The van der Waals surface area contributed by atoms with Crippen LogP contribution in [0.2, 0.25) is 0 Å². The summed E-state index contributed by atoms with van der Waals surface area (Å²) in [6.07, 6.45) is 3.05. The molecule has 0 atom stereocenters. The van der Waals surface area contributed by atoms with Crippen molar-refractivity contribution >= 4 is 45.4 Å². The Labute approximate surface area is 277 Å². The molecule has 4 aromatic carbocycles. The molecule has 6 aromatic rings. The van der Waals surface area contributed by atoms with Crippen LogP contribution in [-0.2, 0) is 16.8 Å². The van der Waals surface area contributed by atoms with Crippen LogP contribution in [0.3, 0.4) is 0 Å². The van der Waals surface area contributed by atoms with Crippen molar-refractivity contribution in [2.45, 2.75) is 13.8 Å². The number of aliphatic imine (C=N–C) groups is 2. The van der Waals surface area contributed by atoms with E-state index in [9.17, 15) is 19.0 Å². The van der Waals surface area contributed by atoms with Crippen molar-refractivity contribution in [1.29, 1.82) is 0 Å². The molecule has 0 unspecified atom stereocenters. The average molecular weight is 682 g/mol. The second-order valence-electron chi connectivity index (χ2n) is 9.64. The van der Waals surface area contributed by atoms with Crippen LogP contribution in [-0.4, -0.2) is 22.4 Å². The summed E-state index contributed by atoms with van der Waals surface area (Å²) in [5.41, 5.74) is 6.06. The standard InChI is InChI=1S/2C17H13FN2OS.Co/c2*1-11-2-3-13(16(21)8-11)9-19-17-20-15(10-22-17)12-4-6-14(18)7-5-12;/h2*2-10,21H,1H3;/q;;+2/p-2/b2*19-9+;. The normalized spacial score (nSPS) is 10.9. The number of hydrogen-bond donors (Lipinski definition) is 0. The topological polar surface area (TPSA) is 96.6 Å². The van der Waals surface area contributed by atoms with Crippen LogP contribution in [0.5, 0.6) is 11.5 Å². The predicted molar refractivity (Wildman–Crippen MR) is 171 cm³/mol. The van der Waals surface area contributed by atoms with Gasteiger partial charge in [0.25, 0.3) is 0 Å². The van der Waals surface area contributed by atoms with E-state index in [-0.39, 0.29) is 39.9 Å². The number of rotatable bonds is 6. The molecule has 11 heteroatoms. The van der Waals surface area contributed by atoms with Crippen LogP contribution in [0.1, 0.15) is 22.3 Å². The molecule has 2 aromatic heterocycles. The molecule has 2 heterocycles. The Balaban J connectivity index is 0.000000200. The van der Waals surface area contributed by atoms with Gasteiger partial charge in [-0.15, -0.1) is 22.7 Å². The maximum atomic E-state index is 12.9. The Kier molecular flexibility index (Phi) is 11.4. The van der Waals surface area contributed by atoms with E-state index >= 15 is 0 Å². The number of nitrogens with zero attached hydrogens (tertiary/aromatic N) is 4. The number of hydrogen-bond acceptors (Lipinski definition) is 8. The first-order valence-corrected chi connectivity index (χ1v) is 15.1. The van der Waals surface area contributed by atoms with E-state index in [2.05, 4.69) is 20.0 Å². The Morgan fingerprint density at radius 3 is 1.33 bits per heavy atom. The molecule has 0 N–H and O–H groups in total. The summed E-state index contributed by atoms with van der Waals surface area (Å²) in [5.74, 6) is -0.669. The summed E-state index contributed by atoms with van der Waals surface area (Å²) in [7, 11) is 0. The predicted octanol–water partition coefficient (Wildman–Crippen LogP) is 8.16. The first kappa shape index (κ1) is 33.3. The molecule has 0 fully saturated rings. The summed E-state index contributed by atoms with van der Waals surface area (Å²) >= 11 is 2.74. The molecule has 0 saturated carbocycles. The van der Waals surface area contributed by atoms with E-state index in [0.717, 1.165) is 33.6 Å². The Hall–Kier alpha value is -4.55. The molecule has 6 nitrogen and oxygen atoms in total. The van der Waals surface area contributed by atoms with Crippen LogP contribution >= 0.6 is 22.7 Å². The van der Waals surface area contributed by atoms with Gasteiger partial charge in [-0.3, -0.25) is 0 Å². The van der Waals surface area contributed by atoms with Crippen molar-refractivity contribution in [2.24, 2.45) is 9.98 Å². The van der Waals surface area contributed by atoms with Gasteiger partial charge in [0.2, 0.25) is 10.3 Å². The quantitative estimate of drug-likeness (QED) is 0.166. The number of benzene rings is 4. The van der Waals surface area contributed by atoms with E-state index in [4.69, 9.17) is 0 Å². The molecule has 6 rings (SSSR count). The van der Waals surface area contributed by atoms with E-state index in [1.54, 1.807) is 48.5 Å². The second-order valence-corrected chi connectivity index (χ2v) is 11.3. The maximum Gasteiger partial charge on any atom is 2.00 e. The van der Waals surface area contributed by atoms with Gasteiger partial charge in [-0.05, 0) is 73.5 Å². The molecule has 45 heavy (non-hydrogen) atoms. The number of aromatic nitrogens is 2. The van der Waals surface area contributed by atoms with Crippen molar-refractivity contribution < 1.29 is 35.8 Å². The fourth-order valence-electron chi connectivity index (χ4n) is 3.90. The van der Waals surface area contributed by atoms with E-state index in [1.165, 1.54) is 59.4 Å². The smallest absolute Gasteiger partial charge is 0.872 e. The van der Waals surface area contributed by atoms with Gasteiger partial charge >= 0.3 is 16.8 Å². The summed E-state index contributed by atoms with van der Waals surface area (Å²) in [4.78, 5) is 17.2. The van der Waals surface area contributed by atoms with Gasteiger partial charge in [-0.2, -0.15) is 0 Å². The maximum absolute atomic E-state index is 12.9. The fraction of sp³-hybridized carbons (Fsp3) is 0.0588. The van der Waals surface area contributed by atoms with E-state index in [0.29, 0.717) is 21.4 Å². The number of thiazole rings is 2. The molecule has 0 spiro atoms. The number of halogens is 2. The molecule has 0 aliphatic rings.